The molecule has 3 rings (SSSR count). The van der Waals surface area contributed by atoms with E-state index >= 15 is 0 Å². The van der Waals surface area contributed by atoms with E-state index in [4.69, 9.17) is 4.74 Å². The maximum Gasteiger partial charge on any atom is 0.237 e. The van der Waals surface area contributed by atoms with E-state index in [1.807, 2.05) is 49.4 Å². The Morgan fingerprint density at radius 2 is 1.96 bits per heavy atom. The Bertz CT molecular complexity index is 907. The Morgan fingerprint density at radius 3 is 2.78 bits per heavy atom. The number of nitrogens with zero attached hydrogens (tertiary/aromatic N) is 2. The molecule has 0 bridgehead atoms. The van der Waals surface area contributed by atoms with Gasteiger partial charge in [0.2, 0.25) is 11.9 Å². The number of hydrogen-bond acceptors (Lipinski definition) is 4. The van der Waals surface area contributed by atoms with Gasteiger partial charge in [0.25, 0.3) is 0 Å². The van der Waals surface area contributed by atoms with Gasteiger partial charge in [0.05, 0.1) is 16.8 Å². The van der Waals surface area contributed by atoms with Crippen LogP contribution in [0.2, 0.25) is 0 Å². The average Bonchev–Trinajstić information content (AvgIpc) is 3.01. The van der Waals surface area contributed by atoms with Gasteiger partial charge in [0, 0.05) is 24.7 Å². The predicted molar refractivity (Wildman–Crippen MR) is 111 cm³/mol. The van der Waals surface area contributed by atoms with E-state index in [0.29, 0.717) is 24.9 Å². The van der Waals surface area contributed by atoms with Crippen LogP contribution in [-0.4, -0.2) is 34.4 Å². The highest BCUT2D eigenvalue weighted by atomic mass is 32.2. The van der Waals surface area contributed by atoms with Crippen LogP contribution in [0.5, 0.6) is 0 Å². The van der Waals surface area contributed by atoms with Gasteiger partial charge in [-0.05, 0) is 44.0 Å². The van der Waals surface area contributed by atoms with Crippen molar-refractivity contribution in [3.8, 4) is 0 Å². The molecule has 1 N–H and O–H groups in total. The fraction of sp³-hybridized carbons (Fsp3) is 0.333. The summed E-state index contributed by atoms with van der Waals surface area (Å²) in [5.74, 6) is 0.903. The number of ether oxygens (including phenoxy) is 1. The largest absolute Gasteiger partial charge is 0.382 e. The van der Waals surface area contributed by atoms with Crippen molar-refractivity contribution >= 4 is 34.7 Å². The first-order valence-electron chi connectivity index (χ1n) is 9.20. The van der Waals surface area contributed by atoms with E-state index < -0.39 is 0 Å². The number of para-hydroxylation sites is 2. The standard InChI is InChI=1S/C21H25N3O2S/c1-3-26-14-8-13-24-18-11-6-5-10-17(18)22-21(24)23-20(25)15-27-19-12-7-4-9-16(19)2/h4-7,9-12H,3,8,13-15H2,1-2H3,(H,22,23,25). The van der Waals surface area contributed by atoms with Crippen LogP contribution in [0.1, 0.15) is 18.9 Å². The lowest BCUT2D eigenvalue weighted by atomic mass is 10.2. The summed E-state index contributed by atoms with van der Waals surface area (Å²) >= 11 is 1.54. The van der Waals surface area contributed by atoms with Gasteiger partial charge in [-0.25, -0.2) is 4.98 Å². The second-order valence-corrected chi connectivity index (χ2v) is 7.25. The van der Waals surface area contributed by atoms with E-state index in [1.165, 1.54) is 5.56 Å². The molecule has 0 atom stereocenters. The molecular formula is C21H25N3O2S. The van der Waals surface area contributed by atoms with Gasteiger partial charge < -0.3 is 9.30 Å². The smallest absolute Gasteiger partial charge is 0.237 e. The van der Waals surface area contributed by atoms with Gasteiger partial charge in [-0.1, -0.05) is 30.3 Å². The number of fused-ring (bicyclic) bond motifs is 1. The number of benzene rings is 2. The lowest BCUT2D eigenvalue weighted by Gasteiger charge is -2.10. The van der Waals surface area contributed by atoms with Crippen LogP contribution in [0.3, 0.4) is 0 Å². The van der Waals surface area contributed by atoms with Gasteiger partial charge in [0.15, 0.2) is 0 Å². The monoisotopic (exact) mass is 383 g/mol. The van der Waals surface area contributed by atoms with Crippen molar-refractivity contribution in [1.82, 2.24) is 9.55 Å². The van der Waals surface area contributed by atoms with Crippen LogP contribution in [0, 0.1) is 6.92 Å². The normalized spacial score (nSPS) is 11.0. The number of thioether (sulfide) groups is 1. The number of aromatic nitrogens is 2. The predicted octanol–water partition coefficient (Wildman–Crippen LogP) is 4.50. The molecule has 0 aliphatic heterocycles. The van der Waals surface area contributed by atoms with Gasteiger partial charge in [-0.2, -0.15) is 0 Å². The Morgan fingerprint density at radius 1 is 1.19 bits per heavy atom. The Balaban J connectivity index is 1.69. The molecule has 2 aromatic carbocycles. The summed E-state index contributed by atoms with van der Waals surface area (Å²) < 4.78 is 7.50. The molecule has 142 valence electrons. The molecular weight excluding hydrogens is 358 g/mol. The number of amides is 1. The molecule has 0 radical (unpaired) electrons. The third-order valence-corrected chi connectivity index (χ3v) is 5.41. The molecule has 3 aromatic rings. The number of hydrogen-bond donors (Lipinski definition) is 1. The summed E-state index contributed by atoms with van der Waals surface area (Å²) in [6.45, 7) is 6.20. The van der Waals surface area contributed by atoms with E-state index in [2.05, 4.69) is 27.9 Å². The number of aryl methyl sites for hydroxylation is 2. The summed E-state index contributed by atoms with van der Waals surface area (Å²) in [6.07, 6.45) is 0.870. The van der Waals surface area contributed by atoms with E-state index in [0.717, 1.165) is 28.9 Å². The second-order valence-electron chi connectivity index (χ2n) is 6.23. The minimum Gasteiger partial charge on any atom is -0.382 e. The molecule has 1 amide bonds. The van der Waals surface area contributed by atoms with Crippen molar-refractivity contribution in [3.63, 3.8) is 0 Å². The van der Waals surface area contributed by atoms with Crippen molar-refractivity contribution in [3.05, 3.63) is 54.1 Å². The zero-order chi connectivity index (χ0) is 19.1. The molecule has 1 heterocycles. The maximum absolute atomic E-state index is 12.5. The molecule has 27 heavy (non-hydrogen) atoms. The van der Waals surface area contributed by atoms with Crippen LogP contribution in [-0.2, 0) is 16.1 Å². The Kier molecular flexibility index (Phi) is 6.90. The van der Waals surface area contributed by atoms with Gasteiger partial charge >= 0.3 is 0 Å². The number of carbonyl (C=O) groups is 1. The Labute approximate surface area is 164 Å². The average molecular weight is 384 g/mol. The highest BCUT2D eigenvalue weighted by Gasteiger charge is 2.13. The summed E-state index contributed by atoms with van der Waals surface area (Å²) in [4.78, 5) is 18.2. The van der Waals surface area contributed by atoms with Crippen LogP contribution < -0.4 is 5.32 Å². The van der Waals surface area contributed by atoms with Gasteiger partial charge in [-0.15, -0.1) is 11.8 Å². The van der Waals surface area contributed by atoms with Crippen molar-refractivity contribution in [2.24, 2.45) is 0 Å². The zero-order valence-electron chi connectivity index (χ0n) is 15.8. The topological polar surface area (TPSA) is 56.1 Å². The molecule has 0 unspecified atom stereocenters. The number of anilines is 1. The summed E-state index contributed by atoms with van der Waals surface area (Å²) in [7, 11) is 0. The van der Waals surface area contributed by atoms with Crippen LogP contribution in [0.15, 0.2) is 53.4 Å². The molecule has 0 spiro atoms. The van der Waals surface area contributed by atoms with Crippen molar-refractivity contribution in [2.45, 2.75) is 31.7 Å². The minimum atomic E-state index is -0.0513. The number of rotatable bonds is 9. The van der Waals surface area contributed by atoms with Gasteiger partial charge in [0.1, 0.15) is 0 Å². The molecule has 6 heteroatoms. The first-order valence-corrected chi connectivity index (χ1v) is 10.2. The molecule has 0 saturated carbocycles. The van der Waals surface area contributed by atoms with E-state index in [1.54, 1.807) is 11.8 Å². The van der Waals surface area contributed by atoms with E-state index in [-0.39, 0.29) is 5.91 Å². The number of carbonyl (C=O) groups excluding carboxylic acids is 1. The Hall–Kier alpha value is -2.31. The van der Waals surface area contributed by atoms with Crippen LogP contribution >= 0.6 is 11.8 Å². The SMILES string of the molecule is CCOCCCn1c(NC(=O)CSc2ccccc2C)nc2ccccc21. The van der Waals surface area contributed by atoms with E-state index in [9.17, 15) is 4.79 Å². The fourth-order valence-electron chi connectivity index (χ4n) is 2.89. The first kappa shape index (κ1) is 19.5. The first-order chi connectivity index (χ1) is 13.2. The summed E-state index contributed by atoms with van der Waals surface area (Å²) in [6, 6.07) is 16.0. The van der Waals surface area contributed by atoms with Crippen LogP contribution in [0.25, 0.3) is 11.0 Å². The number of nitrogens with one attached hydrogen (secondary N) is 1. The third kappa shape index (κ3) is 5.11. The highest BCUT2D eigenvalue weighted by molar-refractivity contribution is 8.00. The summed E-state index contributed by atoms with van der Waals surface area (Å²) in [5.41, 5.74) is 3.09. The number of imidazole rings is 1. The van der Waals surface area contributed by atoms with Crippen molar-refractivity contribution in [2.75, 3.05) is 24.3 Å². The van der Waals surface area contributed by atoms with Crippen molar-refractivity contribution < 1.29 is 9.53 Å². The molecule has 0 aliphatic carbocycles. The third-order valence-electron chi connectivity index (χ3n) is 4.23. The van der Waals surface area contributed by atoms with Gasteiger partial charge in [-0.3, -0.25) is 10.1 Å². The summed E-state index contributed by atoms with van der Waals surface area (Å²) in [5, 5.41) is 2.98. The maximum atomic E-state index is 12.5. The minimum absolute atomic E-state index is 0.0513. The second kappa shape index (κ2) is 9.58. The lowest BCUT2D eigenvalue weighted by molar-refractivity contribution is -0.113. The lowest BCUT2D eigenvalue weighted by Crippen LogP contribution is -2.18. The fourth-order valence-corrected chi connectivity index (χ4v) is 3.72. The quantitative estimate of drug-likeness (QED) is 0.436. The van der Waals surface area contributed by atoms with Crippen LogP contribution in [0.4, 0.5) is 5.95 Å². The molecule has 1 aromatic heterocycles. The molecule has 0 saturated heterocycles. The van der Waals surface area contributed by atoms with Crippen molar-refractivity contribution in [1.29, 1.82) is 0 Å². The molecule has 5 nitrogen and oxygen atoms in total. The molecule has 0 fully saturated rings. The highest BCUT2D eigenvalue weighted by Crippen LogP contribution is 2.23. The molecule has 0 aliphatic rings. The zero-order valence-corrected chi connectivity index (χ0v) is 16.6.